The molecule has 6 nitrogen and oxygen atoms in total. The SMILES string of the molecule is Cc1c(C(=O)NC2CCC(N)CC2)nnn1-c1ccc(F)c(Cl)c1. The number of halogens is 2. The lowest BCUT2D eigenvalue weighted by molar-refractivity contribution is 0.0920. The summed E-state index contributed by atoms with van der Waals surface area (Å²) in [7, 11) is 0. The van der Waals surface area contributed by atoms with E-state index >= 15 is 0 Å². The van der Waals surface area contributed by atoms with Crippen LogP contribution in [-0.4, -0.2) is 33.0 Å². The third-order valence-corrected chi connectivity index (χ3v) is 4.65. The first-order valence-electron chi connectivity index (χ1n) is 7.90. The summed E-state index contributed by atoms with van der Waals surface area (Å²) < 4.78 is 14.8. The van der Waals surface area contributed by atoms with Crippen molar-refractivity contribution in [2.24, 2.45) is 5.73 Å². The number of amides is 1. The number of carbonyl (C=O) groups is 1. The summed E-state index contributed by atoms with van der Waals surface area (Å²) in [5, 5.41) is 10.9. The van der Waals surface area contributed by atoms with Gasteiger partial charge >= 0.3 is 0 Å². The van der Waals surface area contributed by atoms with Gasteiger partial charge in [0.25, 0.3) is 5.91 Å². The molecule has 1 aromatic heterocycles. The highest BCUT2D eigenvalue weighted by atomic mass is 35.5. The molecule has 1 aliphatic carbocycles. The zero-order chi connectivity index (χ0) is 17.3. The van der Waals surface area contributed by atoms with E-state index in [4.69, 9.17) is 17.3 Å². The van der Waals surface area contributed by atoms with E-state index in [2.05, 4.69) is 15.6 Å². The number of rotatable bonds is 3. The van der Waals surface area contributed by atoms with E-state index in [0.717, 1.165) is 25.7 Å². The highest BCUT2D eigenvalue weighted by Gasteiger charge is 2.23. The summed E-state index contributed by atoms with van der Waals surface area (Å²) in [4.78, 5) is 12.4. The third kappa shape index (κ3) is 3.42. The number of aromatic nitrogens is 3. The Morgan fingerprint density at radius 1 is 1.38 bits per heavy atom. The molecule has 1 amide bonds. The second-order valence-electron chi connectivity index (χ2n) is 6.12. The molecule has 128 valence electrons. The molecule has 8 heteroatoms. The van der Waals surface area contributed by atoms with Crippen molar-refractivity contribution in [3.63, 3.8) is 0 Å². The molecule has 3 N–H and O–H groups in total. The third-order valence-electron chi connectivity index (χ3n) is 4.36. The molecule has 24 heavy (non-hydrogen) atoms. The van der Waals surface area contributed by atoms with Gasteiger partial charge in [-0.2, -0.15) is 0 Å². The largest absolute Gasteiger partial charge is 0.348 e. The lowest BCUT2D eigenvalue weighted by atomic mass is 9.92. The fourth-order valence-electron chi connectivity index (χ4n) is 2.92. The van der Waals surface area contributed by atoms with Gasteiger partial charge in [0.2, 0.25) is 0 Å². The maximum atomic E-state index is 13.3. The van der Waals surface area contributed by atoms with E-state index in [1.807, 2.05) is 0 Å². The summed E-state index contributed by atoms with van der Waals surface area (Å²) in [6.45, 7) is 1.74. The molecular formula is C16H19ClFN5O. The van der Waals surface area contributed by atoms with Crippen LogP contribution in [-0.2, 0) is 0 Å². The van der Waals surface area contributed by atoms with E-state index in [-0.39, 0.29) is 28.7 Å². The van der Waals surface area contributed by atoms with Crippen LogP contribution in [0.15, 0.2) is 18.2 Å². The maximum Gasteiger partial charge on any atom is 0.273 e. The lowest BCUT2D eigenvalue weighted by Gasteiger charge is -2.26. The van der Waals surface area contributed by atoms with Crippen LogP contribution in [0, 0.1) is 12.7 Å². The van der Waals surface area contributed by atoms with E-state index < -0.39 is 5.82 Å². The molecule has 1 heterocycles. The van der Waals surface area contributed by atoms with Crippen LogP contribution in [0.1, 0.15) is 41.9 Å². The van der Waals surface area contributed by atoms with Crippen molar-refractivity contribution in [3.05, 3.63) is 40.4 Å². The molecule has 1 saturated carbocycles. The van der Waals surface area contributed by atoms with Crippen molar-refractivity contribution in [1.29, 1.82) is 0 Å². The van der Waals surface area contributed by atoms with Crippen LogP contribution in [0.3, 0.4) is 0 Å². The minimum atomic E-state index is -0.508. The summed E-state index contributed by atoms with van der Waals surface area (Å²) in [6.07, 6.45) is 3.55. The Morgan fingerprint density at radius 2 is 2.08 bits per heavy atom. The Kier molecular flexibility index (Phi) is 4.82. The monoisotopic (exact) mass is 351 g/mol. The fourth-order valence-corrected chi connectivity index (χ4v) is 3.09. The zero-order valence-electron chi connectivity index (χ0n) is 13.3. The molecular weight excluding hydrogens is 333 g/mol. The Morgan fingerprint density at radius 3 is 2.75 bits per heavy atom. The number of nitrogens with one attached hydrogen (secondary N) is 1. The van der Waals surface area contributed by atoms with Gasteiger partial charge in [0.1, 0.15) is 5.82 Å². The summed E-state index contributed by atoms with van der Waals surface area (Å²) >= 11 is 5.80. The lowest BCUT2D eigenvalue weighted by Crippen LogP contribution is -2.40. The molecule has 0 saturated heterocycles. The van der Waals surface area contributed by atoms with Gasteiger partial charge in [-0.3, -0.25) is 4.79 Å². The number of nitrogens with zero attached hydrogens (tertiary/aromatic N) is 3. The summed E-state index contributed by atoms with van der Waals surface area (Å²) in [5.74, 6) is -0.765. The second-order valence-corrected chi connectivity index (χ2v) is 6.53. The van der Waals surface area contributed by atoms with Crippen LogP contribution < -0.4 is 11.1 Å². The molecule has 1 aromatic carbocycles. The van der Waals surface area contributed by atoms with Gasteiger partial charge < -0.3 is 11.1 Å². The van der Waals surface area contributed by atoms with Crippen molar-refractivity contribution in [2.45, 2.75) is 44.7 Å². The van der Waals surface area contributed by atoms with Crippen molar-refractivity contribution >= 4 is 17.5 Å². The Bertz CT molecular complexity index is 755. The summed E-state index contributed by atoms with van der Waals surface area (Å²) in [5.41, 5.74) is 7.25. The van der Waals surface area contributed by atoms with Crippen LogP contribution >= 0.6 is 11.6 Å². The Hall–Kier alpha value is -1.99. The average Bonchev–Trinajstić information content (AvgIpc) is 2.94. The number of hydrogen-bond donors (Lipinski definition) is 2. The topological polar surface area (TPSA) is 85.8 Å². The molecule has 0 unspecified atom stereocenters. The van der Waals surface area contributed by atoms with Gasteiger partial charge in [0, 0.05) is 12.1 Å². The maximum absolute atomic E-state index is 13.3. The van der Waals surface area contributed by atoms with Gasteiger partial charge in [0.15, 0.2) is 5.69 Å². The Labute approximate surface area is 144 Å². The van der Waals surface area contributed by atoms with Crippen LogP contribution in [0.5, 0.6) is 0 Å². The number of nitrogens with two attached hydrogens (primary N) is 1. The van der Waals surface area contributed by atoms with E-state index in [1.165, 1.54) is 22.9 Å². The quantitative estimate of drug-likeness (QED) is 0.888. The zero-order valence-corrected chi connectivity index (χ0v) is 14.1. The second kappa shape index (κ2) is 6.86. The molecule has 3 rings (SSSR count). The first-order valence-corrected chi connectivity index (χ1v) is 8.27. The summed E-state index contributed by atoms with van der Waals surface area (Å²) in [6, 6.07) is 4.57. The molecule has 1 aliphatic rings. The normalized spacial score (nSPS) is 20.8. The average molecular weight is 352 g/mol. The van der Waals surface area contributed by atoms with E-state index in [0.29, 0.717) is 11.4 Å². The number of benzene rings is 1. The van der Waals surface area contributed by atoms with Crippen molar-refractivity contribution < 1.29 is 9.18 Å². The molecule has 0 spiro atoms. The molecule has 0 radical (unpaired) electrons. The minimum Gasteiger partial charge on any atom is -0.348 e. The minimum absolute atomic E-state index is 0.00746. The fraction of sp³-hybridized carbons (Fsp3) is 0.438. The predicted molar refractivity (Wildman–Crippen MR) is 88.8 cm³/mol. The van der Waals surface area contributed by atoms with Crippen molar-refractivity contribution in [1.82, 2.24) is 20.3 Å². The number of carbonyl (C=O) groups excluding carboxylic acids is 1. The molecule has 0 bridgehead atoms. The van der Waals surface area contributed by atoms with E-state index in [9.17, 15) is 9.18 Å². The van der Waals surface area contributed by atoms with Gasteiger partial charge in [-0.05, 0) is 50.8 Å². The highest BCUT2D eigenvalue weighted by molar-refractivity contribution is 6.30. The highest BCUT2D eigenvalue weighted by Crippen LogP contribution is 2.21. The van der Waals surface area contributed by atoms with Crippen LogP contribution in [0.25, 0.3) is 5.69 Å². The Balaban J connectivity index is 1.76. The first-order chi connectivity index (χ1) is 11.5. The smallest absolute Gasteiger partial charge is 0.273 e. The van der Waals surface area contributed by atoms with Crippen LogP contribution in [0.2, 0.25) is 5.02 Å². The first kappa shape index (κ1) is 16.9. The number of hydrogen-bond acceptors (Lipinski definition) is 4. The van der Waals surface area contributed by atoms with Crippen LogP contribution in [0.4, 0.5) is 4.39 Å². The molecule has 0 atom stereocenters. The standard InChI is InChI=1S/C16H19ClFN5O/c1-9-15(16(24)20-11-4-2-10(19)3-5-11)21-22-23(9)12-6-7-14(18)13(17)8-12/h6-8,10-11H,2-5,19H2,1H3,(H,20,24). The predicted octanol–water partition coefficient (Wildman–Crippen LogP) is 2.37. The van der Waals surface area contributed by atoms with Gasteiger partial charge in [-0.25, -0.2) is 9.07 Å². The van der Waals surface area contributed by atoms with Gasteiger partial charge in [0.05, 0.1) is 16.4 Å². The van der Waals surface area contributed by atoms with Crippen molar-refractivity contribution in [2.75, 3.05) is 0 Å². The van der Waals surface area contributed by atoms with E-state index in [1.54, 1.807) is 6.92 Å². The molecule has 0 aliphatic heterocycles. The molecule has 1 fully saturated rings. The van der Waals surface area contributed by atoms with Gasteiger partial charge in [-0.15, -0.1) is 5.10 Å². The molecule has 2 aromatic rings. The van der Waals surface area contributed by atoms with Gasteiger partial charge in [-0.1, -0.05) is 16.8 Å². The van der Waals surface area contributed by atoms with Crippen molar-refractivity contribution in [3.8, 4) is 5.69 Å².